The highest BCUT2D eigenvalue weighted by molar-refractivity contribution is 5.95. The van der Waals surface area contributed by atoms with Crippen LogP contribution in [-0.4, -0.2) is 11.0 Å². The Morgan fingerprint density at radius 3 is 2.64 bits per heavy atom. The van der Waals surface area contributed by atoms with Crippen LogP contribution in [0.2, 0.25) is 0 Å². The standard InChI is InChI=1S/C7H10N2O2/c1-4-3-5(2)11-6(4)7(8)9-10/h3,10H,1-2H3,(H2,8,9). The fourth-order valence-corrected chi connectivity index (χ4v) is 0.941. The summed E-state index contributed by atoms with van der Waals surface area (Å²) in [4.78, 5) is 0. The van der Waals surface area contributed by atoms with E-state index in [4.69, 9.17) is 15.4 Å². The summed E-state index contributed by atoms with van der Waals surface area (Å²) in [5.74, 6) is 1.20. The molecule has 11 heavy (non-hydrogen) atoms. The van der Waals surface area contributed by atoms with Gasteiger partial charge in [-0.25, -0.2) is 0 Å². The molecule has 4 nitrogen and oxygen atoms in total. The molecule has 3 N–H and O–H groups in total. The number of hydrogen-bond acceptors (Lipinski definition) is 3. The monoisotopic (exact) mass is 154 g/mol. The molecule has 0 aliphatic carbocycles. The van der Waals surface area contributed by atoms with Gasteiger partial charge in [0.1, 0.15) is 5.76 Å². The van der Waals surface area contributed by atoms with Crippen LogP contribution in [0.1, 0.15) is 17.1 Å². The van der Waals surface area contributed by atoms with Gasteiger partial charge in [0.2, 0.25) is 5.84 Å². The van der Waals surface area contributed by atoms with Gasteiger partial charge in [0.25, 0.3) is 0 Å². The number of aryl methyl sites for hydroxylation is 2. The average Bonchev–Trinajstić information content (AvgIpc) is 2.28. The number of hydrogen-bond donors (Lipinski definition) is 2. The van der Waals surface area contributed by atoms with Crippen molar-refractivity contribution >= 4 is 5.84 Å². The van der Waals surface area contributed by atoms with E-state index in [1.807, 2.05) is 13.0 Å². The Morgan fingerprint density at radius 1 is 1.64 bits per heavy atom. The van der Waals surface area contributed by atoms with Crippen molar-refractivity contribution in [3.8, 4) is 0 Å². The predicted molar refractivity (Wildman–Crippen MR) is 40.7 cm³/mol. The maximum absolute atomic E-state index is 8.32. The molecule has 1 rings (SSSR count). The first-order chi connectivity index (χ1) is 5.15. The molecule has 0 atom stereocenters. The number of amidine groups is 1. The summed E-state index contributed by atoms with van der Waals surface area (Å²) in [6.45, 7) is 3.64. The van der Waals surface area contributed by atoms with E-state index in [2.05, 4.69) is 5.16 Å². The minimum absolute atomic E-state index is 0.00981. The van der Waals surface area contributed by atoms with Crippen molar-refractivity contribution in [3.63, 3.8) is 0 Å². The van der Waals surface area contributed by atoms with Gasteiger partial charge < -0.3 is 15.4 Å². The lowest BCUT2D eigenvalue weighted by molar-refractivity contribution is 0.317. The zero-order valence-corrected chi connectivity index (χ0v) is 6.46. The van der Waals surface area contributed by atoms with Crippen molar-refractivity contribution in [2.75, 3.05) is 0 Å². The Morgan fingerprint density at radius 2 is 2.27 bits per heavy atom. The predicted octanol–water partition coefficient (Wildman–Crippen LogP) is 0.991. The molecule has 0 aliphatic rings. The first-order valence-corrected chi connectivity index (χ1v) is 3.20. The highest BCUT2D eigenvalue weighted by Gasteiger charge is 2.08. The minimum Gasteiger partial charge on any atom is -0.458 e. The van der Waals surface area contributed by atoms with E-state index in [1.54, 1.807) is 6.92 Å². The van der Waals surface area contributed by atoms with Gasteiger partial charge in [-0.15, -0.1) is 0 Å². The highest BCUT2D eigenvalue weighted by Crippen LogP contribution is 2.12. The second kappa shape index (κ2) is 2.65. The van der Waals surface area contributed by atoms with Gasteiger partial charge >= 0.3 is 0 Å². The summed E-state index contributed by atoms with van der Waals surface area (Å²) >= 11 is 0. The van der Waals surface area contributed by atoms with Gasteiger partial charge in [-0.3, -0.25) is 0 Å². The van der Waals surface area contributed by atoms with Crippen LogP contribution in [0, 0.1) is 13.8 Å². The molecule has 60 valence electrons. The van der Waals surface area contributed by atoms with Crippen molar-refractivity contribution in [2.45, 2.75) is 13.8 Å². The van der Waals surface area contributed by atoms with E-state index >= 15 is 0 Å². The van der Waals surface area contributed by atoms with Crippen molar-refractivity contribution in [1.29, 1.82) is 0 Å². The largest absolute Gasteiger partial charge is 0.458 e. The summed E-state index contributed by atoms with van der Waals surface area (Å²) in [5, 5.41) is 11.2. The SMILES string of the molecule is Cc1cc(C)c(/C(N)=N\O)o1. The van der Waals surface area contributed by atoms with Crippen LogP contribution in [0.25, 0.3) is 0 Å². The summed E-state index contributed by atoms with van der Waals surface area (Å²) in [7, 11) is 0. The van der Waals surface area contributed by atoms with Crippen LogP contribution < -0.4 is 5.73 Å². The molecular formula is C7H10N2O2. The van der Waals surface area contributed by atoms with E-state index < -0.39 is 0 Å². The van der Waals surface area contributed by atoms with Gasteiger partial charge in [-0.05, 0) is 25.5 Å². The van der Waals surface area contributed by atoms with E-state index in [1.165, 1.54) is 0 Å². The van der Waals surface area contributed by atoms with E-state index in [0.29, 0.717) is 5.76 Å². The van der Waals surface area contributed by atoms with Gasteiger partial charge in [0, 0.05) is 0 Å². The first-order valence-electron chi connectivity index (χ1n) is 3.20. The second-order valence-corrected chi connectivity index (χ2v) is 2.35. The van der Waals surface area contributed by atoms with E-state index in [-0.39, 0.29) is 5.84 Å². The van der Waals surface area contributed by atoms with Crippen molar-refractivity contribution in [2.24, 2.45) is 10.9 Å². The van der Waals surface area contributed by atoms with Crippen LogP contribution in [0.3, 0.4) is 0 Å². The number of furan rings is 1. The smallest absolute Gasteiger partial charge is 0.206 e. The van der Waals surface area contributed by atoms with Gasteiger partial charge in [-0.1, -0.05) is 5.16 Å². The molecule has 0 fully saturated rings. The fourth-order valence-electron chi connectivity index (χ4n) is 0.941. The van der Waals surface area contributed by atoms with Crippen LogP contribution in [0.5, 0.6) is 0 Å². The summed E-state index contributed by atoms with van der Waals surface area (Å²) < 4.78 is 5.15. The number of nitrogens with two attached hydrogens (primary N) is 1. The van der Waals surface area contributed by atoms with E-state index in [9.17, 15) is 0 Å². The number of oxime groups is 1. The molecule has 1 aromatic rings. The summed E-state index contributed by atoms with van der Waals surface area (Å²) in [6.07, 6.45) is 0. The van der Waals surface area contributed by atoms with Gasteiger partial charge in [0.05, 0.1) is 0 Å². The Bertz CT molecular complexity index is 289. The van der Waals surface area contributed by atoms with Crippen LogP contribution in [0.15, 0.2) is 15.6 Å². The van der Waals surface area contributed by atoms with Crippen LogP contribution >= 0.6 is 0 Å². The molecule has 0 spiro atoms. The third-order valence-electron chi connectivity index (χ3n) is 1.38. The molecule has 0 saturated heterocycles. The molecule has 1 aromatic heterocycles. The van der Waals surface area contributed by atoms with Crippen molar-refractivity contribution < 1.29 is 9.62 Å². The lowest BCUT2D eigenvalue weighted by Crippen LogP contribution is -2.12. The van der Waals surface area contributed by atoms with Crippen molar-refractivity contribution in [3.05, 3.63) is 23.2 Å². The lowest BCUT2D eigenvalue weighted by atomic mass is 10.2. The third kappa shape index (κ3) is 1.34. The maximum Gasteiger partial charge on any atom is 0.206 e. The summed E-state index contributed by atoms with van der Waals surface area (Å²) in [5.41, 5.74) is 6.19. The minimum atomic E-state index is 0.00981. The number of nitrogens with zero attached hydrogens (tertiary/aromatic N) is 1. The van der Waals surface area contributed by atoms with Crippen molar-refractivity contribution in [1.82, 2.24) is 0 Å². The topological polar surface area (TPSA) is 71.8 Å². The quantitative estimate of drug-likeness (QED) is 0.274. The third-order valence-corrected chi connectivity index (χ3v) is 1.38. The zero-order chi connectivity index (χ0) is 8.43. The molecule has 0 radical (unpaired) electrons. The highest BCUT2D eigenvalue weighted by atomic mass is 16.4. The summed E-state index contributed by atoms with van der Waals surface area (Å²) in [6, 6.07) is 1.83. The molecule has 0 saturated carbocycles. The van der Waals surface area contributed by atoms with Gasteiger partial charge in [0.15, 0.2) is 5.76 Å². The van der Waals surface area contributed by atoms with Crippen LogP contribution in [0.4, 0.5) is 0 Å². The van der Waals surface area contributed by atoms with Gasteiger partial charge in [-0.2, -0.15) is 0 Å². The Labute approximate surface area is 64.3 Å². The first kappa shape index (κ1) is 7.65. The zero-order valence-electron chi connectivity index (χ0n) is 6.46. The Balaban J connectivity index is 3.13. The Hall–Kier alpha value is -1.45. The maximum atomic E-state index is 8.32. The Kier molecular flexibility index (Phi) is 1.85. The molecule has 0 amide bonds. The normalized spacial score (nSPS) is 12.0. The molecular weight excluding hydrogens is 144 g/mol. The molecule has 0 unspecified atom stereocenters. The molecule has 0 aliphatic heterocycles. The lowest BCUT2D eigenvalue weighted by Gasteiger charge is -1.92. The molecule has 1 heterocycles. The second-order valence-electron chi connectivity index (χ2n) is 2.35. The molecule has 0 bridgehead atoms. The average molecular weight is 154 g/mol. The molecule has 0 aromatic carbocycles. The number of rotatable bonds is 1. The van der Waals surface area contributed by atoms with Crippen LogP contribution in [-0.2, 0) is 0 Å². The fraction of sp³-hybridized carbons (Fsp3) is 0.286. The van der Waals surface area contributed by atoms with E-state index in [0.717, 1.165) is 11.3 Å². The molecule has 4 heteroatoms.